The van der Waals surface area contributed by atoms with Crippen molar-refractivity contribution in [3.63, 3.8) is 0 Å². The summed E-state index contributed by atoms with van der Waals surface area (Å²) in [7, 11) is 0. The minimum absolute atomic E-state index is 0.249. The van der Waals surface area contributed by atoms with E-state index in [1.54, 1.807) is 48.5 Å². The van der Waals surface area contributed by atoms with Crippen LogP contribution in [0.5, 0.6) is 11.5 Å². The number of carbonyl (C=O) groups is 2. The van der Waals surface area contributed by atoms with Gasteiger partial charge in [0.1, 0.15) is 11.5 Å². The van der Waals surface area contributed by atoms with Crippen LogP contribution in [0.25, 0.3) is 182 Å². The summed E-state index contributed by atoms with van der Waals surface area (Å²) in [6.07, 6.45) is 16.6. The van der Waals surface area contributed by atoms with Crippen LogP contribution >= 0.6 is 0 Å². The second kappa shape index (κ2) is 27.4. The van der Waals surface area contributed by atoms with Crippen molar-refractivity contribution in [1.82, 2.24) is 39.9 Å². The van der Waals surface area contributed by atoms with Crippen LogP contribution in [-0.2, 0) is 0 Å². The zero-order valence-corrected chi connectivity index (χ0v) is 57.9. The highest BCUT2D eigenvalue weighted by molar-refractivity contribution is 6.04. The van der Waals surface area contributed by atoms with E-state index in [2.05, 4.69) is 214 Å². The molecule has 9 aromatic carbocycles. The number of ether oxygens (including phenoxy) is 2. The number of fused-ring (bicyclic) bond motifs is 16. The van der Waals surface area contributed by atoms with E-state index in [0.29, 0.717) is 11.5 Å². The van der Waals surface area contributed by atoms with E-state index >= 15 is 0 Å². The van der Waals surface area contributed by atoms with Crippen molar-refractivity contribution in [2.24, 2.45) is 0 Å². The summed E-state index contributed by atoms with van der Waals surface area (Å²) in [5.41, 5.74) is 29.1. The molecule has 4 N–H and O–H groups in total. The number of carbonyl (C=O) groups excluding carboxylic acids is 2. The molecule has 510 valence electrons. The molecule has 0 amide bonds. The number of aromatic amines is 4. The molecule has 108 heavy (non-hydrogen) atoms. The lowest BCUT2D eigenvalue weighted by atomic mass is 10.0. The standard InChI is InChI=1S/C96H62N8O4/c105-95(107-69-39-35-65(36-40-69)93-83-55-51-79(101-83)89(61-23-11-3-12-24-61)75-47-43-71(97-75)87(59-19-7-1-8-20-59)72-44-48-76(98-72)90(62-25-13-4-14-26-62)80-52-56-84(93)102-80)67-31-33-68(34-32-67)96(106)108-70-41-37-66(38-42-70)94-85-57-53-81(103-85)91(63-27-15-5-16-28-63)77-49-45-73(99-77)88(60-21-9-2-10-22-60)74-46-50-78(100-74)92(64-29-17-6-18-30-64)82-54-58-86(94)104-82/h1-58,97,99,102,104H. The van der Waals surface area contributed by atoms with E-state index in [9.17, 15) is 9.59 Å². The van der Waals surface area contributed by atoms with Crippen LogP contribution in [0.3, 0.4) is 0 Å². The molecule has 4 aliphatic rings. The van der Waals surface area contributed by atoms with Crippen LogP contribution in [0.4, 0.5) is 0 Å². The molecule has 6 aromatic heterocycles. The fraction of sp³-hybridized carbons (Fsp3) is 0. The Balaban J connectivity index is 0.630. The third-order valence-electron chi connectivity index (χ3n) is 19.9. The summed E-state index contributed by atoms with van der Waals surface area (Å²) in [5.74, 6) is -0.530. The van der Waals surface area contributed by atoms with Crippen molar-refractivity contribution in [2.45, 2.75) is 0 Å². The number of hydrogen-bond acceptors (Lipinski definition) is 8. The van der Waals surface area contributed by atoms with Gasteiger partial charge in [-0.05, 0) is 190 Å². The molecule has 0 atom stereocenters. The largest absolute Gasteiger partial charge is 0.423 e. The first-order valence-corrected chi connectivity index (χ1v) is 35.7. The van der Waals surface area contributed by atoms with Gasteiger partial charge in [0, 0.05) is 88.6 Å². The maximum atomic E-state index is 14.0. The monoisotopic (exact) mass is 1390 g/mol. The van der Waals surface area contributed by atoms with E-state index in [-0.39, 0.29) is 11.1 Å². The van der Waals surface area contributed by atoms with E-state index in [1.807, 2.05) is 109 Å². The quantitative estimate of drug-likeness (QED) is 0.0693. The maximum Gasteiger partial charge on any atom is 0.343 e. The summed E-state index contributed by atoms with van der Waals surface area (Å²) in [5, 5.41) is 0. The number of aromatic nitrogens is 8. The predicted octanol–water partition coefficient (Wildman–Crippen LogP) is 23.4. The smallest absolute Gasteiger partial charge is 0.343 e. The number of nitrogens with one attached hydrogen (secondary N) is 4. The third-order valence-corrected chi connectivity index (χ3v) is 19.9. The van der Waals surface area contributed by atoms with Gasteiger partial charge in [0.2, 0.25) is 0 Å². The topological polar surface area (TPSA) is 167 Å². The highest BCUT2D eigenvalue weighted by atomic mass is 16.5. The van der Waals surface area contributed by atoms with Crippen LogP contribution < -0.4 is 9.47 Å². The first-order valence-electron chi connectivity index (χ1n) is 35.7. The Labute approximate surface area is 620 Å². The van der Waals surface area contributed by atoms with Crippen LogP contribution in [0.2, 0.25) is 0 Å². The summed E-state index contributed by atoms with van der Waals surface area (Å²) in [6.45, 7) is 0. The third kappa shape index (κ3) is 12.1. The average Bonchev–Trinajstić information content (AvgIpc) is 1.62. The molecule has 19 rings (SSSR count). The molecule has 0 aliphatic carbocycles. The summed E-state index contributed by atoms with van der Waals surface area (Å²) in [6, 6.07) is 100. The molecule has 12 nitrogen and oxygen atoms in total. The molecule has 4 aliphatic heterocycles. The number of benzene rings is 9. The molecular formula is C96H62N8O4. The molecule has 0 spiro atoms. The second-order valence-corrected chi connectivity index (χ2v) is 26.6. The Hall–Kier alpha value is -14.9. The van der Waals surface area contributed by atoms with Gasteiger partial charge in [0.15, 0.2) is 0 Å². The van der Waals surface area contributed by atoms with Crippen molar-refractivity contribution in [1.29, 1.82) is 0 Å². The molecule has 16 bridgehead atoms. The highest BCUT2D eigenvalue weighted by Gasteiger charge is 2.24. The molecule has 0 saturated carbocycles. The number of rotatable bonds is 12. The minimum atomic E-state index is -0.596. The lowest BCUT2D eigenvalue weighted by Gasteiger charge is -2.09. The molecule has 0 fully saturated rings. The normalized spacial score (nSPS) is 12.0. The molecule has 0 unspecified atom stereocenters. The minimum Gasteiger partial charge on any atom is -0.423 e. The maximum absolute atomic E-state index is 14.0. The molecule has 12 heteroatoms. The predicted molar refractivity (Wildman–Crippen MR) is 438 cm³/mol. The Bertz CT molecular complexity index is 6100. The average molecular weight is 1390 g/mol. The summed E-state index contributed by atoms with van der Waals surface area (Å²) >= 11 is 0. The molecule has 0 saturated heterocycles. The lowest BCUT2D eigenvalue weighted by Crippen LogP contribution is -2.11. The van der Waals surface area contributed by atoms with Crippen molar-refractivity contribution >= 4 is 105 Å². The van der Waals surface area contributed by atoms with E-state index < -0.39 is 11.9 Å². The molecule has 15 aromatic rings. The molecular weight excluding hydrogens is 1330 g/mol. The zero-order valence-electron chi connectivity index (χ0n) is 57.9. The molecule has 10 heterocycles. The van der Waals surface area contributed by atoms with E-state index in [0.717, 1.165) is 179 Å². The number of nitrogens with zero attached hydrogens (tertiary/aromatic N) is 4. The van der Waals surface area contributed by atoms with Crippen LogP contribution in [0, 0.1) is 0 Å². The summed E-state index contributed by atoms with van der Waals surface area (Å²) < 4.78 is 12.1. The SMILES string of the molecule is O=C(Oc1ccc(-c2c3nc(c(-c4ccccc4)c4ccc([nH]4)c(-c4ccccc4)c4nc(c(-c5ccccc5)c5ccc2[nH]5)C=C4)C=C3)cc1)c1ccc(C(=O)Oc2ccc(-c3c4nc(c(-c5ccccc5)c5ccc([nH]5)c(-c5ccccc5)c5nc(c(-c6ccccc6)c6ccc3[nH]6)C=C5)C=C4)cc2)cc1. The fourth-order valence-electron chi connectivity index (χ4n) is 14.9. The van der Waals surface area contributed by atoms with Crippen LogP contribution in [0.15, 0.2) is 303 Å². The Morgan fingerprint density at radius 1 is 0.194 bits per heavy atom. The Morgan fingerprint density at radius 2 is 0.361 bits per heavy atom. The van der Waals surface area contributed by atoms with Gasteiger partial charge in [-0.3, -0.25) is 0 Å². The highest BCUT2D eigenvalue weighted by Crippen LogP contribution is 2.43. The number of H-pyrrole nitrogens is 4. The first kappa shape index (κ1) is 64.0. The summed E-state index contributed by atoms with van der Waals surface area (Å²) in [4.78, 5) is 65.0. The van der Waals surface area contributed by atoms with Gasteiger partial charge in [0.25, 0.3) is 0 Å². The van der Waals surface area contributed by atoms with Gasteiger partial charge in [-0.25, -0.2) is 29.5 Å². The van der Waals surface area contributed by atoms with Crippen molar-refractivity contribution < 1.29 is 19.1 Å². The number of hydrogen-bond donors (Lipinski definition) is 4. The van der Waals surface area contributed by atoms with Crippen molar-refractivity contribution in [3.8, 4) is 101 Å². The van der Waals surface area contributed by atoms with E-state index in [4.69, 9.17) is 29.4 Å². The van der Waals surface area contributed by atoms with Gasteiger partial charge in [-0.2, -0.15) is 0 Å². The fourth-order valence-corrected chi connectivity index (χ4v) is 14.9. The van der Waals surface area contributed by atoms with Crippen molar-refractivity contribution in [2.75, 3.05) is 0 Å². The van der Waals surface area contributed by atoms with Crippen LogP contribution in [-0.4, -0.2) is 51.8 Å². The second-order valence-electron chi connectivity index (χ2n) is 26.6. The van der Waals surface area contributed by atoms with Gasteiger partial charge in [-0.15, -0.1) is 0 Å². The lowest BCUT2D eigenvalue weighted by molar-refractivity contribution is 0.0720. The Kier molecular flexibility index (Phi) is 16.2. The van der Waals surface area contributed by atoms with Gasteiger partial charge in [-0.1, -0.05) is 206 Å². The number of esters is 2. The van der Waals surface area contributed by atoms with E-state index in [1.165, 1.54) is 0 Å². The van der Waals surface area contributed by atoms with Gasteiger partial charge >= 0.3 is 11.9 Å². The van der Waals surface area contributed by atoms with Crippen molar-refractivity contribution in [3.05, 3.63) is 360 Å². The van der Waals surface area contributed by atoms with Gasteiger partial charge in [0.05, 0.1) is 56.7 Å². The first-order chi connectivity index (χ1) is 53.3. The Morgan fingerprint density at radius 3 is 0.537 bits per heavy atom. The van der Waals surface area contributed by atoms with Gasteiger partial charge < -0.3 is 29.4 Å². The molecule has 0 radical (unpaired) electrons. The van der Waals surface area contributed by atoms with Crippen LogP contribution in [0.1, 0.15) is 66.3 Å². The zero-order chi connectivity index (χ0) is 72.0.